The van der Waals surface area contributed by atoms with Crippen LogP contribution in [-0.4, -0.2) is 18.2 Å². The molecule has 0 spiro atoms. The summed E-state index contributed by atoms with van der Waals surface area (Å²) in [5.74, 6) is 0. The molecule has 0 saturated heterocycles. The van der Waals surface area contributed by atoms with Crippen molar-refractivity contribution < 1.29 is 8.42 Å². The molecular formula is C15H15N3O2S2. The first-order valence-electron chi connectivity index (χ1n) is 6.64. The lowest BCUT2D eigenvalue weighted by Crippen LogP contribution is -2.12. The summed E-state index contributed by atoms with van der Waals surface area (Å²) in [6, 6.07) is 13.0. The Morgan fingerprint density at radius 1 is 1.14 bits per heavy atom. The maximum Gasteiger partial charge on any atom is 0.271 e. The minimum atomic E-state index is -3.59. The van der Waals surface area contributed by atoms with Gasteiger partial charge in [0.1, 0.15) is 4.21 Å². The zero-order valence-electron chi connectivity index (χ0n) is 12.1. The fraction of sp³-hybridized carbons (Fsp3) is 0.133. The molecule has 0 atom stereocenters. The average Bonchev–Trinajstić information content (AvgIpc) is 3.07. The van der Waals surface area contributed by atoms with E-state index in [1.54, 1.807) is 23.9 Å². The number of sulfonamides is 1. The van der Waals surface area contributed by atoms with Gasteiger partial charge in [-0.1, -0.05) is 30.3 Å². The highest BCUT2D eigenvalue weighted by atomic mass is 32.2. The Kier molecular flexibility index (Phi) is 3.76. The third kappa shape index (κ3) is 2.77. The van der Waals surface area contributed by atoms with Gasteiger partial charge in [0.05, 0.1) is 17.6 Å². The molecule has 3 rings (SSSR count). The second-order valence-corrected chi connectivity index (χ2v) is 8.06. The van der Waals surface area contributed by atoms with E-state index in [1.165, 1.54) is 17.5 Å². The van der Waals surface area contributed by atoms with Gasteiger partial charge in [-0.3, -0.25) is 9.40 Å². The van der Waals surface area contributed by atoms with E-state index in [0.717, 1.165) is 16.1 Å². The van der Waals surface area contributed by atoms with Gasteiger partial charge in [0.2, 0.25) is 0 Å². The van der Waals surface area contributed by atoms with Gasteiger partial charge in [0, 0.05) is 17.5 Å². The largest absolute Gasteiger partial charge is 0.275 e. The van der Waals surface area contributed by atoms with Crippen molar-refractivity contribution in [3.8, 4) is 11.3 Å². The number of rotatable bonds is 4. The fourth-order valence-electron chi connectivity index (χ4n) is 2.20. The van der Waals surface area contributed by atoms with Gasteiger partial charge >= 0.3 is 0 Å². The zero-order valence-corrected chi connectivity index (χ0v) is 13.8. The molecule has 0 aliphatic carbocycles. The molecule has 3 aromatic rings. The lowest BCUT2D eigenvalue weighted by Gasteiger charge is -2.08. The van der Waals surface area contributed by atoms with Crippen molar-refractivity contribution >= 4 is 27.0 Å². The molecule has 2 heterocycles. The molecule has 0 amide bonds. The molecule has 0 unspecified atom stereocenters. The number of aromatic nitrogens is 2. The first kappa shape index (κ1) is 14.8. The van der Waals surface area contributed by atoms with Gasteiger partial charge in [-0.2, -0.15) is 5.10 Å². The minimum Gasteiger partial charge on any atom is -0.275 e. The molecule has 1 aromatic carbocycles. The molecule has 22 heavy (non-hydrogen) atoms. The fourth-order valence-corrected chi connectivity index (χ4v) is 4.54. The Hall–Kier alpha value is -2.12. The number of nitrogens with one attached hydrogen (secondary N) is 1. The molecule has 1 N–H and O–H groups in total. The smallest absolute Gasteiger partial charge is 0.271 e. The predicted molar refractivity (Wildman–Crippen MR) is 88.5 cm³/mol. The SMILES string of the molecule is Cc1ccc(S(=O)(=O)Nc2cnn(C)c2-c2ccccc2)s1. The zero-order chi connectivity index (χ0) is 15.7. The summed E-state index contributed by atoms with van der Waals surface area (Å²) >= 11 is 1.24. The Labute approximate surface area is 133 Å². The molecule has 0 bridgehead atoms. The number of hydrogen-bond acceptors (Lipinski definition) is 4. The average molecular weight is 333 g/mol. The molecule has 2 aromatic heterocycles. The van der Waals surface area contributed by atoms with Crippen LogP contribution in [0.1, 0.15) is 4.88 Å². The van der Waals surface area contributed by atoms with Gasteiger partial charge in [-0.15, -0.1) is 11.3 Å². The van der Waals surface area contributed by atoms with Gasteiger partial charge in [0.15, 0.2) is 0 Å². The summed E-state index contributed by atoms with van der Waals surface area (Å²) in [7, 11) is -1.81. The lowest BCUT2D eigenvalue weighted by molar-refractivity contribution is 0.603. The number of nitrogens with zero attached hydrogens (tertiary/aromatic N) is 2. The van der Waals surface area contributed by atoms with Crippen molar-refractivity contribution in [2.75, 3.05) is 4.72 Å². The first-order chi connectivity index (χ1) is 10.5. The van der Waals surface area contributed by atoms with Crippen molar-refractivity contribution in [1.29, 1.82) is 0 Å². The van der Waals surface area contributed by atoms with Crippen LogP contribution in [0.15, 0.2) is 52.9 Å². The quantitative estimate of drug-likeness (QED) is 0.797. The van der Waals surface area contributed by atoms with E-state index < -0.39 is 10.0 Å². The van der Waals surface area contributed by atoms with E-state index in [4.69, 9.17) is 0 Å². The van der Waals surface area contributed by atoms with Crippen LogP contribution in [0, 0.1) is 6.92 Å². The van der Waals surface area contributed by atoms with Gasteiger partial charge in [-0.05, 0) is 19.1 Å². The van der Waals surface area contributed by atoms with Crippen LogP contribution in [0.25, 0.3) is 11.3 Å². The van der Waals surface area contributed by atoms with Crippen LogP contribution < -0.4 is 4.72 Å². The van der Waals surface area contributed by atoms with E-state index in [0.29, 0.717) is 9.90 Å². The Morgan fingerprint density at radius 3 is 2.50 bits per heavy atom. The van der Waals surface area contributed by atoms with Crippen molar-refractivity contribution in [2.45, 2.75) is 11.1 Å². The molecule has 0 aliphatic rings. The minimum absolute atomic E-state index is 0.299. The van der Waals surface area contributed by atoms with Crippen LogP contribution in [0.4, 0.5) is 5.69 Å². The third-order valence-electron chi connectivity index (χ3n) is 3.21. The van der Waals surface area contributed by atoms with Crippen molar-refractivity contribution in [3.63, 3.8) is 0 Å². The molecular weight excluding hydrogens is 318 g/mol. The van der Waals surface area contributed by atoms with Gasteiger partial charge in [0.25, 0.3) is 10.0 Å². The highest BCUT2D eigenvalue weighted by molar-refractivity contribution is 7.94. The number of hydrogen-bond donors (Lipinski definition) is 1. The maximum atomic E-state index is 12.5. The Balaban J connectivity index is 2.01. The Bertz CT molecular complexity index is 896. The molecule has 5 nitrogen and oxygen atoms in total. The summed E-state index contributed by atoms with van der Waals surface area (Å²) in [5, 5.41) is 4.17. The second-order valence-electron chi connectivity index (χ2n) is 4.87. The van der Waals surface area contributed by atoms with Crippen LogP contribution in [-0.2, 0) is 17.1 Å². The maximum absolute atomic E-state index is 12.5. The van der Waals surface area contributed by atoms with E-state index >= 15 is 0 Å². The highest BCUT2D eigenvalue weighted by Crippen LogP contribution is 2.30. The van der Waals surface area contributed by atoms with Crippen molar-refractivity contribution in [1.82, 2.24) is 9.78 Å². The predicted octanol–water partition coefficient (Wildman–Crippen LogP) is 3.26. The number of anilines is 1. The van der Waals surface area contributed by atoms with Gasteiger partial charge < -0.3 is 0 Å². The normalized spacial score (nSPS) is 11.5. The number of aryl methyl sites for hydroxylation is 2. The summed E-state index contributed by atoms with van der Waals surface area (Å²) in [6.45, 7) is 1.88. The van der Waals surface area contributed by atoms with Crippen LogP contribution in [0.2, 0.25) is 0 Å². The highest BCUT2D eigenvalue weighted by Gasteiger charge is 2.20. The topological polar surface area (TPSA) is 64.0 Å². The monoisotopic (exact) mass is 333 g/mol. The molecule has 0 aliphatic heterocycles. The summed E-state index contributed by atoms with van der Waals surface area (Å²) in [5.41, 5.74) is 2.11. The van der Waals surface area contributed by atoms with Crippen molar-refractivity contribution in [3.05, 3.63) is 53.5 Å². The first-order valence-corrected chi connectivity index (χ1v) is 8.94. The Morgan fingerprint density at radius 2 is 1.86 bits per heavy atom. The van der Waals surface area contributed by atoms with E-state index in [-0.39, 0.29) is 0 Å². The van der Waals surface area contributed by atoms with E-state index in [2.05, 4.69) is 9.82 Å². The van der Waals surface area contributed by atoms with Crippen molar-refractivity contribution in [2.24, 2.45) is 7.05 Å². The van der Waals surface area contributed by atoms with Crippen LogP contribution >= 0.6 is 11.3 Å². The number of benzene rings is 1. The lowest BCUT2D eigenvalue weighted by atomic mass is 10.1. The molecule has 0 saturated carbocycles. The summed E-state index contributed by atoms with van der Waals surface area (Å²) < 4.78 is 29.5. The molecule has 7 heteroatoms. The van der Waals surface area contributed by atoms with E-state index in [9.17, 15) is 8.42 Å². The molecule has 114 valence electrons. The van der Waals surface area contributed by atoms with E-state index in [1.807, 2.05) is 37.3 Å². The second kappa shape index (κ2) is 5.58. The standard InChI is InChI=1S/C15H15N3O2S2/c1-11-8-9-14(21-11)22(19,20)17-13-10-16-18(2)15(13)12-6-4-3-5-7-12/h3-10,17H,1-2H3. The molecule has 0 fully saturated rings. The van der Waals surface area contributed by atoms with Crippen LogP contribution in [0.5, 0.6) is 0 Å². The molecule has 0 radical (unpaired) electrons. The van der Waals surface area contributed by atoms with Gasteiger partial charge in [-0.25, -0.2) is 8.42 Å². The third-order valence-corrected chi connectivity index (χ3v) is 6.07. The van der Waals surface area contributed by atoms with Crippen LogP contribution in [0.3, 0.4) is 0 Å². The summed E-state index contributed by atoms with van der Waals surface area (Å²) in [6.07, 6.45) is 1.53. The summed E-state index contributed by atoms with van der Waals surface area (Å²) in [4.78, 5) is 0.954. The number of thiophene rings is 1.